The van der Waals surface area contributed by atoms with Gasteiger partial charge in [0.15, 0.2) is 0 Å². The molecule has 5 nitrogen and oxygen atoms in total. The van der Waals surface area contributed by atoms with Gasteiger partial charge in [-0.05, 0) is 39.3 Å². The van der Waals surface area contributed by atoms with Gasteiger partial charge in [0.2, 0.25) is 11.9 Å². The largest absolute Gasteiger partial charge is 0.369 e. The highest BCUT2D eigenvalue weighted by Crippen LogP contribution is 2.20. The van der Waals surface area contributed by atoms with Crippen molar-refractivity contribution in [2.45, 2.75) is 39.8 Å². The van der Waals surface area contributed by atoms with Gasteiger partial charge in [-0.15, -0.1) is 0 Å². The summed E-state index contributed by atoms with van der Waals surface area (Å²) in [6.45, 7) is 8.01. The first-order valence-corrected chi connectivity index (χ1v) is 6.30. The second kappa shape index (κ2) is 4.57. The number of hydrogen-bond donors (Lipinski definition) is 2. The van der Waals surface area contributed by atoms with Crippen LogP contribution >= 0.6 is 0 Å². The van der Waals surface area contributed by atoms with Crippen molar-refractivity contribution >= 4 is 22.9 Å². The summed E-state index contributed by atoms with van der Waals surface area (Å²) in [6, 6.07) is 5.85. The molecule has 0 unspecified atom stereocenters. The van der Waals surface area contributed by atoms with Gasteiger partial charge in [0, 0.05) is 5.54 Å². The lowest BCUT2D eigenvalue weighted by atomic mass is 10.1. The van der Waals surface area contributed by atoms with Crippen molar-refractivity contribution in [3.63, 3.8) is 0 Å². The Kier molecular flexibility index (Phi) is 3.22. The van der Waals surface area contributed by atoms with Gasteiger partial charge in [0.25, 0.3) is 0 Å². The van der Waals surface area contributed by atoms with E-state index in [-0.39, 0.29) is 18.0 Å². The van der Waals surface area contributed by atoms with Crippen molar-refractivity contribution in [3.05, 3.63) is 23.8 Å². The number of nitrogens with zero attached hydrogens (tertiary/aromatic N) is 2. The van der Waals surface area contributed by atoms with Gasteiger partial charge in [-0.25, -0.2) is 4.98 Å². The Bertz CT molecular complexity index is 622. The number of nitrogens with two attached hydrogens (primary N) is 1. The number of anilines is 1. The number of para-hydroxylation sites is 1. The predicted octanol–water partition coefficient (Wildman–Crippen LogP) is 1.84. The number of aryl methyl sites for hydroxylation is 1. The molecule has 1 aromatic carbocycles. The molecule has 0 aliphatic heterocycles. The van der Waals surface area contributed by atoms with Gasteiger partial charge in [0.1, 0.15) is 6.54 Å². The molecule has 0 bridgehead atoms. The minimum absolute atomic E-state index is 0.0694. The van der Waals surface area contributed by atoms with Crippen LogP contribution in [0, 0.1) is 6.92 Å². The van der Waals surface area contributed by atoms with Crippen molar-refractivity contribution in [1.82, 2.24) is 14.9 Å². The maximum absolute atomic E-state index is 12.0. The molecule has 102 valence electrons. The summed E-state index contributed by atoms with van der Waals surface area (Å²) in [5.74, 6) is 0.299. The summed E-state index contributed by atoms with van der Waals surface area (Å²) in [6.07, 6.45) is 0. The first-order chi connectivity index (χ1) is 8.78. The summed E-state index contributed by atoms with van der Waals surface area (Å²) in [5.41, 5.74) is 8.45. The first-order valence-electron chi connectivity index (χ1n) is 6.30. The Hall–Kier alpha value is -2.04. The molecular formula is C14H20N4O. The number of carbonyl (C=O) groups is 1. The van der Waals surface area contributed by atoms with Gasteiger partial charge in [-0.3, -0.25) is 4.79 Å². The summed E-state index contributed by atoms with van der Waals surface area (Å²) in [5, 5.41) is 2.92. The molecule has 0 saturated carbocycles. The van der Waals surface area contributed by atoms with Gasteiger partial charge in [-0.1, -0.05) is 12.1 Å². The minimum Gasteiger partial charge on any atom is -0.369 e. The monoisotopic (exact) mass is 260 g/mol. The Morgan fingerprint density at radius 2 is 2.11 bits per heavy atom. The second-order valence-corrected chi connectivity index (χ2v) is 5.80. The summed E-state index contributed by atoms with van der Waals surface area (Å²) in [4.78, 5) is 16.3. The molecule has 0 saturated heterocycles. The number of benzene rings is 1. The van der Waals surface area contributed by atoms with Gasteiger partial charge < -0.3 is 15.6 Å². The molecule has 3 N–H and O–H groups in total. The molecule has 0 spiro atoms. The molecule has 1 aromatic heterocycles. The zero-order valence-corrected chi connectivity index (χ0v) is 11.8. The van der Waals surface area contributed by atoms with Crippen LogP contribution in [-0.4, -0.2) is 21.0 Å². The van der Waals surface area contributed by atoms with Crippen LogP contribution in [0.2, 0.25) is 0 Å². The molecule has 5 heteroatoms. The molecule has 0 aliphatic rings. The third-order valence-corrected chi connectivity index (χ3v) is 2.83. The van der Waals surface area contributed by atoms with Crippen LogP contribution in [0.3, 0.4) is 0 Å². The fourth-order valence-corrected chi connectivity index (χ4v) is 2.07. The van der Waals surface area contributed by atoms with E-state index in [4.69, 9.17) is 5.73 Å². The van der Waals surface area contributed by atoms with Crippen LogP contribution in [-0.2, 0) is 11.3 Å². The SMILES string of the molecule is Cc1cccc2c1nc(N)n2CC(=O)NC(C)(C)C. The summed E-state index contributed by atoms with van der Waals surface area (Å²) < 4.78 is 1.74. The Morgan fingerprint density at radius 3 is 2.74 bits per heavy atom. The van der Waals surface area contributed by atoms with Gasteiger partial charge >= 0.3 is 0 Å². The molecule has 0 aliphatic carbocycles. The van der Waals surface area contributed by atoms with E-state index in [1.807, 2.05) is 45.9 Å². The lowest BCUT2D eigenvalue weighted by Crippen LogP contribution is -2.42. The average molecular weight is 260 g/mol. The maximum Gasteiger partial charge on any atom is 0.240 e. The quantitative estimate of drug-likeness (QED) is 0.865. The van der Waals surface area contributed by atoms with Crippen LogP contribution in [0.25, 0.3) is 11.0 Å². The van der Waals surface area contributed by atoms with E-state index in [0.29, 0.717) is 5.95 Å². The van der Waals surface area contributed by atoms with Crippen molar-refractivity contribution in [3.8, 4) is 0 Å². The van der Waals surface area contributed by atoms with Crippen molar-refractivity contribution in [2.24, 2.45) is 0 Å². The van der Waals surface area contributed by atoms with E-state index in [9.17, 15) is 4.79 Å². The van der Waals surface area contributed by atoms with E-state index >= 15 is 0 Å². The molecule has 0 atom stereocenters. The highest BCUT2D eigenvalue weighted by Gasteiger charge is 2.17. The fraction of sp³-hybridized carbons (Fsp3) is 0.429. The summed E-state index contributed by atoms with van der Waals surface area (Å²) >= 11 is 0. The normalized spacial score (nSPS) is 11.8. The Labute approximate surface area is 112 Å². The molecule has 2 aromatic rings. The molecule has 2 rings (SSSR count). The van der Waals surface area contributed by atoms with Crippen LogP contribution in [0.1, 0.15) is 26.3 Å². The molecule has 1 amide bonds. The average Bonchev–Trinajstić information content (AvgIpc) is 2.55. The van der Waals surface area contributed by atoms with Crippen LogP contribution in [0.15, 0.2) is 18.2 Å². The number of hydrogen-bond acceptors (Lipinski definition) is 3. The third kappa shape index (κ3) is 2.86. The van der Waals surface area contributed by atoms with Crippen molar-refractivity contribution in [1.29, 1.82) is 0 Å². The molecule has 19 heavy (non-hydrogen) atoms. The maximum atomic E-state index is 12.0. The van der Waals surface area contributed by atoms with E-state index in [2.05, 4.69) is 10.3 Å². The number of nitrogens with one attached hydrogen (secondary N) is 1. The number of fused-ring (bicyclic) bond motifs is 1. The van der Waals surface area contributed by atoms with Gasteiger partial charge in [-0.2, -0.15) is 0 Å². The van der Waals surface area contributed by atoms with E-state index in [1.54, 1.807) is 4.57 Å². The molecule has 0 fully saturated rings. The van der Waals surface area contributed by atoms with E-state index < -0.39 is 0 Å². The topological polar surface area (TPSA) is 72.9 Å². The summed E-state index contributed by atoms with van der Waals surface area (Å²) in [7, 11) is 0. The number of nitrogen functional groups attached to an aromatic ring is 1. The highest BCUT2D eigenvalue weighted by atomic mass is 16.2. The van der Waals surface area contributed by atoms with Crippen molar-refractivity contribution in [2.75, 3.05) is 5.73 Å². The third-order valence-electron chi connectivity index (χ3n) is 2.83. The highest BCUT2D eigenvalue weighted by molar-refractivity contribution is 5.84. The number of aromatic nitrogens is 2. The minimum atomic E-state index is -0.252. The van der Waals surface area contributed by atoms with E-state index in [0.717, 1.165) is 16.6 Å². The Balaban J connectivity index is 2.33. The van der Waals surface area contributed by atoms with Crippen molar-refractivity contribution < 1.29 is 4.79 Å². The lowest BCUT2D eigenvalue weighted by molar-refractivity contribution is -0.122. The standard InChI is InChI=1S/C14H20N4O/c1-9-6-5-7-10-12(9)16-13(15)18(10)8-11(19)17-14(2,3)4/h5-7H,8H2,1-4H3,(H2,15,16)(H,17,19). The first kappa shape index (κ1) is 13.4. The number of carbonyl (C=O) groups excluding carboxylic acids is 1. The number of imidazole rings is 1. The second-order valence-electron chi connectivity index (χ2n) is 5.80. The molecule has 0 radical (unpaired) electrons. The lowest BCUT2D eigenvalue weighted by Gasteiger charge is -2.20. The smallest absolute Gasteiger partial charge is 0.240 e. The fourth-order valence-electron chi connectivity index (χ4n) is 2.07. The molecular weight excluding hydrogens is 240 g/mol. The van der Waals surface area contributed by atoms with Crippen LogP contribution in [0.5, 0.6) is 0 Å². The number of amides is 1. The number of rotatable bonds is 2. The zero-order chi connectivity index (χ0) is 14.2. The van der Waals surface area contributed by atoms with Gasteiger partial charge in [0.05, 0.1) is 11.0 Å². The predicted molar refractivity (Wildman–Crippen MR) is 76.8 cm³/mol. The van der Waals surface area contributed by atoms with Crippen LogP contribution in [0.4, 0.5) is 5.95 Å². The molecule has 1 heterocycles. The van der Waals surface area contributed by atoms with E-state index in [1.165, 1.54) is 0 Å². The van der Waals surface area contributed by atoms with Crippen LogP contribution < -0.4 is 11.1 Å². The Morgan fingerprint density at radius 1 is 1.42 bits per heavy atom. The zero-order valence-electron chi connectivity index (χ0n) is 11.8.